The quantitative estimate of drug-likeness (QED) is 0.641. The van der Waals surface area contributed by atoms with Gasteiger partial charge in [-0.3, -0.25) is 10.1 Å². The van der Waals surface area contributed by atoms with Gasteiger partial charge in [0.1, 0.15) is 11.9 Å². The molecule has 0 saturated heterocycles. The number of non-ortho nitro benzene ring substituents is 1. The molecule has 0 heterocycles. The van der Waals surface area contributed by atoms with E-state index < -0.39 is 4.92 Å². The second-order valence-electron chi connectivity index (χ2n) is 6.04. The maximum absolute atomic E-state index is 10.7. The predicted octanol–water partition coefficient (Wildman–Crippen LogP) is 3.79. The lowest BCUT2D eigenvalue weighted by Gasteiger charge is -2.51. The van der Waals surface area contributed by atoms with Gasteiger partial charge in [-0.05, 0) is 19.0 Å². The lowest BCUT2D eigenvalue weighted by Crippen LogP contribution is -2.62. The molecule has 0 amide bonds. The molecule has 0 bridgehead atoms. The molecule has 1 aromatic rings. The molecule has 0 aliphatic heterocycles. The molecule has 0 aromatic heterocycles. The summed E-state index contributed by atoms with van der Waals surface area (Å²) in [4.78, 5) is 10.2. The van der Waals surface area contributed by atoms with Crippen molar-refractivity contribution in [2.75, 3.05) is 6.54 Å². The van der Waals surface area contributed by atoms with E-state index in [0.29, 0.717) is 11.8 Å². The van der Waals surface area contributed by atoms with Gasteiger partial charge in [0.25, 0.3) is 5.69 Å². The number of nitro benzene ring substituents is 1. The number of hydrogen-bond donors (Lipinski definition) is 1. The lowest BCUT2D eigenvalue weighted by atomic mass is 9.64. The van der Waals surface area contributed by atoms with Crippen molar-refractivity contribution in [3.05, 3.63) is 33.3 Å². The molecular formula is C15H21ClN2O3. The van der Waals surface area contributed by atoms with E-state index in [9.17, 15) is 10.1 Å². The van der Waals surface area contributed by atoms with Crippen LogP contribution in [0.5, 0.6) is 5.75 Å². The summed E-state index contributed by atoms with van der Waals surface area (Å²) in [5.74, 6) is 0.509. The summed E-state index contributed by atoms with van der Waals surface area (Å²) in [7, 11) is 0. The molecule has 21 heavy (non-hydrogen) atoms. The molecule has 5 nitrogen and oxygen atoms in total. The first-order valence-electron chi connectivity index (χ1n) is 7.20. The highest BCUT2D eigenvalue weighted by atomic mass is 35.5. The minimum atomic E-state index is -0.465. The first kappa shape index (κ1) is 16.0. The van der Waals surface area contributed by atoms with Crippen molar-refractivity contribution in [1.29, 1.82) is 0 Å². The average Bonchev–Trinajstić information content (AvgIpc) is 2.43. The molecule has 0 radical (unpaired) electrons. The third-order valence-corrected chi connectivity index (χ3v) is 4.51. The lowest BCUT2D eigenvalue weighted by molar-refractivity contribution is -0.384. The average molecular weight is 313 g/mol. The van der Waals surface area contributed by atoms with E-state index in [0.717, 1.165) is 19.4 Å². The number of nitrogens with zero attached hydrogens (tertiary/aromatic N) is 1. The molecule has 0 spiro atoms. The zero-order valence-corrected chi connectivity index (χ0v) is 13.3. The summed E-state index contributed by atoms with van der Waals surface area (Å²) >= 11 is 6.07. The molecular weight excluding hydrogens is 292 g/mol. The van der Waals surface area contributed by atoms with Gasteiger partial charge in [-0.2, -0.15) is 0 Å². The minimum Gasteiger partial charge on any atom is -0.488 e. The van der Waals surface area contributed by atoms with Crippen molar-refractivity contribution in [2.24, 2.45) is 5.41 Å². The Morgan fingerprint density at radius 2 is 2.24 bits per heavy atom. The van der Waals surface area contributed by atoms with E-state index in [4.69, 9.17) is 16.3 Å². The highest BCUT2D eigenvalue weighted by Crippen LogP contribution is 2.44. The van der Waals surface area contributed by atoms with Gasteiger partial charge in [-0.1, -0.05) is 32.4 Å². The van der Waals surface area contributed by atoms with Crippen LogP contribution in [0, 0.1) is 15.5 Å². The zero-order chi connectivity index (χ0) is 15.6. The van der Waals surface area contributed by atoms with E-state index in [-0.39, 0.29) is 22.2 Å². The summed E-state index contributed by atoms with van der Waals surface area (Å²) in [5, 5.41) is 14.5. The SMILES string of the molecule is CCCNC1CC(Oc2ccc([N+](=O)[O-])cc2Cl)C1(C)C. The number of rotatable bonds is 6. The van der Waals surface area contributed by atoms with Crippen LogP contribution in [0.2, 0.25) is 5.02 Å². The summed E-state index contributed by atoms with van der Waals surface area (Å²) in [6.07, 6.45) is 2.08. The third kappa shape index (κ3) is 3.30. The van der Waals surface area contributed by atoms with E-state index in [2.05, 4.69) is 26.1 Å². The molecule has 2 unspecified atom stereocenters. The van der Waals surface area contributed by atoms with Gasteiger partial charge in [0.15, 0.2) is 0 Å². The zero-order valence-electron chi connectivity index (χ0n) is 12.6. The fraction of sp³-hybridized carbons (Fsp3) is 0.600. The van der Waals surface area contributed by atoms with Crippen molar-refractivity contribution in [3.63, 3.8) is 0 Å². The Labute approximate surface area is 129 Å². The van der Waals surface area contributed by atoms with Gasteiger partial charge >= 0.3 is 0 Å². The minimum absolute atomic E-state index is 0.0142. The van der Waals surface area contributed by atoms with Gasteiger partial charge in [-0.25, -0.2) is 0 Å². The molecule has 1 fully saturated rings. The summed E-state index contributed by atoms with van der Waals surface area (Å²) in [5.41, 5.74) is -0.0111. The van der Waals surface area contributed by atoms with Crippen LogP contribution in [-0.4, -0.2) is 23.6 Å². The molecule has 6 heteroatoms. The van der Waals surface area contributed by atoms with Crippen LogP contribution in [0.25, 0.3) is 0 Å². The van der Waals surface area contributed by atoms with E-state index >= 15 is 0 Å². The maximum Gasteiger partial charge on any atom is 0.271 e. The Morgan fingerprint density at radius 3 is 2.76 bits per heavy atom. The molecule has 1 aliphatic rings. The summed E-state index contributed by atoms with van der Waals surface area (Å²) in [6, 6.07) is 4.75. The molecule has 1 N–H and O–H groups in total. The van der Waals surface area contributed by atoms with Gasteiger partial charge in [0.2, 0.25) is 0 Å². The van der Waals surface area contributed by atoms with Crippen LogP contribution in [0.3, 0.4) is 0 Å². The Balaban J connectivity index is 2.02. The number of nitro groups is 1. The fourth-order valence-electron chi connectivity index (χ4n) is 2.60. The second-order valence-corrected chi connectivity index (χ2v) is 6.45. The van der Waals surface area contributed by atoms with Gasteiger partial charge in [-0.15, -0.1) is 0 Å². The maximum atomic E-state index is 10.7. The first-order chi connectivity index (χ1) is 9.86. The monoisotopic (exact) mass is 312 g/mol. The summed E-state index contributed by atoms with van der Waals surface area (Å²) < 4.78 is 5.95. The summed E-state index contributed by atoms with van der Waals surface area (Å²) in [6.45, 7) is 7.46. The predicted molar refractivity (Wildman–Crippen MR) is 83.0 cm³/mol. The van der Waals surface area contributed by atoms with Crippen LogP contribution in [0.4, 0.5) is 5.69 Å². The Bertz CT molecular complexity index is 534. The van der Waals surface area contributed by atoms with Gasteiger partial charge in [0, 0.05) is 30.0 Å². The van der Waals surface area contributed by atoms with E-state index in [1.165, 1.54) is 12.1 Å². The number of hydrogen-bond acceptors (Lipinski definition) is 4. The fourth-order valence-corrected chi connectivity index (χ4v) is 2.82. The van der Waals surface area contributed by atoms with Crippen molar-refractivity contribution < 1.29 is 9.66 Å². The second kappa shape index (κ2) is 6.20. The van der Waals surface area contributed by atoms with Crippen molar-refractivity contribution in [3.8, 4) is 5.75 Å². The third-order valence-electron chi connectivity index (χ3n) is 4.21. The van der Waals surface area contributed by atoms with E-state index in [1.54, 1.807) is 6.07 Å². The Hall–Kier alpha value is -1.33. The highest BCUT2D eigenvalue weighted by molar-refractivity contribution is 6.32. The van der Waals surface area contributed by atoms with Crippen LogP contribution >= 0.6 is 11.6 Å². The van der Waals surface area contributed by atoms with Crippen LogP contribution in [0.1, 0.15) is 33.6 Å². The standard InChI is InChI=1S/C15H21ClN2O3/c1-4-7-17-13-9-14(15(13,2)3)21-12-6-5-10(18(19)20)8-11(12)16/h5-6,8,13-14,17H,4,7,9H2,1-3H3. The molecule has 116 valence electrons. The van der Waals surface area contributed by atoms with Crippen molar-refractivity contribution in [2.45, 2.75) is 45.8 Å². The number of halogens is 1. The van der Waals surface area contributed by atoms with Gasteiger partial charge < -0.3 is 10.1 Å². The molecule has 1 aromatic carbocycles. The molecule has 1 aliphatic carbocycles. The molecule has 2 rings (SSSR count). The van der Waals surface area contributed by atoms with E-state index in [1.807, 2.05) is 0 Å². The Morgan fingerprint density at radius 1 is 1.52 bits per heavy atom. The van der Waals surface area contributed by atoms with Crippen LogP contribution in [-0.2, 0) is 0 Å². The van der Waals surface area contributed by atoms with Crippen LogP contribution < -0.4 is 10.1 Å². The first-order valence-corrected chi connectivity index (χ1v) is 7.58. The molecule has 2 atom stereocenters. The van der Waals surface area contributed by atoms with Crippen molar-refractivity contribution >= 4 is 17.3 Å². The van der Waals surface area contributed by atoms with Gasteiger partial charge in [0.05, 0.1) is 9.95 Å². The normalized spacial score (nSPS) is 23.4. The Kier molecular flexibility index (Phi) is 4.74. The number of nitrogens with one attached hydrogen (secondary N) is 1. The smallest absolute Gasteiger partial charge is 0.271 e. The number of ether oxygens (including phenoxy) is 1. The topological polar surface area (TPSA) is 64.4 Å². The molecule has 1 saturated carbocycles. The number of benzene rings is 1. The van der Waals surface area contributed by atoms with Crippen molar-refractivity contribution in [1.82, 2.24) is 5.32 Å². The van der Waals surface area contributed by atoms with Crippen LogP contribution in [0.15, 0.2) is 18.2 Å². The largest absolute Gasteiger partial charge is 0.488 e. The highest BCUT2D eigenvalue weighted by Gasteiger charge is 2.49.